The number of ether oxygens (including phenoxy) is 3. The fourth-order valence-corrected chi connectivity index (χ4v) is 4.96. The highest BCUT2D eigenvalue weighted by atomic mass is 16.6. The second-order valence-corrected chi connectivity index (χ2v) is 9.94. The zero-order valence-electron chi connectivity index (χ0n) is 23.9. The van der Waals surface area contributed by atoms with Gasteiger partial charge in [0.05, 0.1) is 42.6 Å². The zero-order chi connectivity index (χ0) is 30.1. The second kappa shape index (κ2) is 14.2. The number of H-pyrrole nitrogens is 1. The first-order valence-corrected chi connectivity index (χ1v) is 13.8. The fraction of sp³-hybridized carbons (Fsp3) is 0.355. The lowest BCUT2D eigenvalue weighted by molar-refractivity contribution is -0.384. The lowest BCUT2D eigenvalue weighted by atomic mass is 9.80. The first kappa shape index (κ1) is 30.2. The predicted molar refractivity (Wildman–Crippen MR) is 157 cm³/mol. The molecule has 1 aliphatic heterocycles. The number of hydrogen-bond acceptors (Lipinski definition) is 9. The SMILES string of the molecule is COC(=O)C1C(c2cccc([N+](=O)[O-])c2)=C(C(=O)OCCCCCCOc2cc(-c3ccccc3)[nH]n2)C(C)=NC1C. The van der Waals surface area contributed by atoms with Crippen LogP contribution in [0.3, 0.4) is 0 Å². The van der Waals surface area contributed by atoms with Crippen LogP contribution in [0.1, 0.15) is 45.1 Å². The van der Waals surface area contributed by atoms with E-state index in [9.17, 15) is 19.7 Å². The molecule has 4 rings (SSSR count). The molecule has 1 N–H and O–H groups in total. The van der Waals surface area contributed by atoms with Gasteiger partial charge in [0.15, 0.2) is 0 Å². The Morgan fingerprint density at radius 3 is 2.40 bits per heavy atom. The summed E-state index contributed by atoms with van der Waals surface area (Å²) in [6, 6.07) is 17.1. The van der Waals surface area contributed by atoms with Crippen LogP contribution in [-0.2, 0) is 19.1 Å². The number of nitro groups is 1. The molecule has 0 spiro atoms. The Balaban J connectivity index is 1.32. The quantitative estimate of drug-likeness (QED) is 0.121. The average Bonchev–Trinajstić information content (AvgIpc) is 3.47. The molecule has 1 aliphatic rings. The molecule has 0 bridgehead atoms. The van der Waals surface area contributed by atoms with E-state index in [4.69, 9.17) is 14.2 Å². The molecule has 11 nitrogen and oxygen atoms in total. The van der Waals surface area contributed by atoms with Gasteiger partial charge in [-0.1, -0.05) is 42.5 Å². The van der Waals surface area contributed by atoms with Gasteiger partial charge in [0, 0.05) is 23.9 Å². The van der Waals surface area contributed by atoms with Crippen LogP contribution in [0.25, 0.3) is 16.8 Å². The minimum atomic E-state index is -0.915. The van der Waals surface area contributed by atoms with Gasteiger partial charge in [-0.15, -0.1) is 5.10 Å². The van der Waals surface area contributed by atoms with Crippen molar-refractivity contribution >= 4 is 28.9 Å². The van der Waals surface area contributed by atoms with E-state index < -0.39 is 28.8 Å². The summed E-state index contributed by atoms with van der Waals surface area (Å²) in [5.74, 6) is -1.59. The second-order valence-electron chi connectivity index (χ2n) is 9.94. The number of non-ortho nitro benzene ring substituents is 1. The first-order chi connectivity index (χ1) is 20.3. The summed E-state index contributed by atoms with van der Waals surface area (Å²) in [6.07, 6.45) is 3.14. The monoisotopic (exact) mass is 574 g/mol. The van der Waals surface area contributed by atoms with E-state index in [0.29, 0.717) is 35.8 Å². The summed E-state index contributed by atoms with van der Waals surface area (Å²) in [7, 11) is 1.26. The van der Waals surface area contributed by atoms with Crippen LogP contribution in [0.15, 0.2) is 71.2 Å². The van der Waals surface area contributed by atoms with Gasteiger partial charge in [0.25, 0.3) is 5.69 Å². The van der Waals surface area contributed by atoms with E-state index in [1.807, 2.05) is 36.4 Å². The molecule has 220 valence electrons. The van der Waals surface area contributed by atoms with Gasteiger partial charge in [-0.25, -0.2) is 4.79 Å². The molecule has 3 aromatic rings. The Bertz CT molecular complexity index is 1480. The Labute approximate surface area is 243 Å². The molecule has 42 heavy (non-hydrogen) atoms. The van der Waals surface area contributed by atoms with Gasteiger partial charge in [0.1, 0.15) is 5.92 Å². The number of aliphatic imine (C=N–C) groups is 1. The molecule has 2 unspecified atom stereocenters. The van der Waals surface area contributed by atoms with Gasteiger partial charge < -0.3 is 14.2 Å². The number of carbonyl (C=O) groups is 2. The van der Waals surface area contributed by atoms with E-state index in [-0.39, 0.29) is 17.9 Å². The highest BCUT2D eigenvalue weighted by Gasteiger charge is 2.39. The van der Waals surface area contributed by atoms with Gasteiger partial charge in [0.2, 0.25) is 5.88 Å². The van der Waals surface area contributed by atoms with Crippen LogP contribution < -0.4 is 4.74 Å². The Hall–Kier alpha value is -4.80. The number of nitrogens with zero attached hydrogens (tertiary/aromatic N) is 3. The standard InChI is InChI=1S/C31H34N4O7/c1-20-27(30(36)40-3)29(23-14-11-15-24(18-23)35(38)39)28(21(2)32-20)31(37)42-17-10-5-4-9-16-41-26-19-25(33-34-26)22-12-7-6-8-13-22/h6-8,11-15,18-20,27H,4-5,9-10,16-17H2,1-3H3,(H,33,34). The van der Waals surface area contributed by atoms with Crippen molar-refractivity contribution < 1.29 is 28.7 Å². The maximum Gasteiger partial charge on any atom is 0.340 e. The molecule has 2 atom stereocenters. The van der Waals surface area contributed by atoms with Crippen molar-refractivity contribution in [1.29, 1.82) is 0 Å². The van der Waals surface area contributed by atoms with Crippen molar-refractivity contribution in [3.8, 4) is 17.1 Å². The molecule has 0 aliphatic carbocycles. The summed E-state index contributed by atoms with van der Waals surface area (Å²) >= 11 is 0. The van der Waals surface area contributed by atoms with Crippen molar-refractivity contribution in [1.82, 2.24) is 10.2 Å². The van der Waals surface area contributed by atoms with E-state index in [2.05, 4.69) is 15.2 Å². The number of benzene rings is 2. The molecule has 0 saturated carbocycles. The van der Waals surface area contributed by atoms with Gasteiger partial charge in [-0.05, 0) is 56.2 Å². The largest absolute Gasteiger partial charge is 0.477 e. The molecule has 0 radical (unpaired) electrons. The molecule has 0 fully saturated rings. The van der Waals surface area contributed by atoms with Crippen molar-refractivity contribution in [2.45, 2.75) is 45.6 Å². The van der Waals surface area contributed by atoms with Crippen LogP contribution >= 0.6 is 0 Å². The summed E-state index contributed by atoms with van der Waals surface area (Å²) in [5.41, 5.74) is 3.00. The molecular weight excluding hydrogens is 540 g/mol. The highest BCUT2D eigenvalue weighted by molar-refractivity contribution is 6.26. The Kier molecular flexibility index (Phi) is 10.2. The van der Waals surface area contributed by atoms with Crippen LogP contribution in [0.2, 0.25) is 0 Å². The minimum absolute atomic E-state index is 0.131. The van der Waals surface area contributed by atoms with Crippen LogP contribution in [0, 0.1) is 16.0 Å². The number of unbranched alkanes of at least 4 members (excludes halogenated alkanes) is 3. The lowest BCUT2D eigenvalue weighted by Gasteiger charge is -2.29. The summed E-state index contributed by atoms with van der Waals surface area (Å²) in [5, 5.41) is 18.6. The number of esters is 2. The smallest absolute Gasteiger partial charge is 0.340 e. The topological polar surface area (TPSA) is 146 Å². The summed E-state index contributed by atoms with van der Waals surface area (Å²) in [4.78, 5) is 41.4. The highest BCUT2D eigenvalue weighted by Crippen LogP contribution is 2.37. The lowest BCUT2D eigenvalue weighted by Crippen LogP contribution is -2.35. The number of dihydropyridines is 1. The number of rotatable bonds is 13. The van der Waals surface area contributed by atoms with E-state index >= 15 is 0 Å². The van der Waals surface area contributed by atoms with Crippen LogP contribution in [-0.4, -0.2) is 59.1 Å². The number of nitrogens with one attached hydrogen (secondary N) is 1. The molecule has 11 heteroatoms. The third kappa shape index (κ3) is 7.28. The minimum Gasteiger partial charge on any atom is -0.477 e. The fourth-order valence-electron chi connectivity index (χ4n) is 4.96. The van der Waals surface area contributed by atoms with E-state index in [1.54, 1.807) is 19.9 Å². The number of hydrogen-bond donors (Lipinski definition) is 1. The Morgan fingerprint density at radius 2 is 1.69 bits per heavy atom. The maximum absolute atomic E-state index is 13.3. The van der Waals surface area contributed by atoms with Crippen molar-refractivity contribution in [2.24, 2.45) is 10.9 Å². The summed E-state index contributed by atoms with van der Waals surface area (Å²) < 4.78 is 16.3. The van der Waals surface area contributed by atoms with Crippen LogP contribution in [0.5, 0.6) is 5.88 Å². The van der Waals surface area contributed by atoms with E-state index in [0.717, 1.165) is 30.5 Å². The zero-order valence-corrected chi connectivity index (χ0v) is 23.9. The van der Waals surface area contributed by atoms with E-state index in [1.165, 1.54) is 25.3 Å². The third-order valence-electron chi connectivity index (χ3n) is 7.01. The normalized spacial score (nSPS) is 16.5. The number of aromatic amines is 1. The molecule has 1 aromatic heterocycles. The molecule has 2 aromatic carbocycles. The molecule has 0 amide bonds. The maximum atomic E-state index is 13.3. The first-order valence-electron chi connectivity index (χ1n) is 13.8. The van der Waals surface area contributed by atoms with Gasteiger partial charge >= 0.3 is 11.9 Å². The number of nitro benzene ring substituents is 1. The summed E-state index contributed by atoms with van der Waals surface area (Å²) in [6.45, 7) is 4.10. The Morgan fingerprint density at radius 1 is 0.976 bits per heavy atom. The number of methoxy groups -OCH3 is 1. The number of aromatic nitrogens is 2. The predicted octanol–water partition coefficient (Wildman–Crippen LogP) is 5.57. The third-order valence-corrected chi connectivity index (χ3v) is 7.01. The molecule has 2 heterocycles. The van der Waals surface area contributed by atoms with Crippen molar-refractivity contribution in [3.63, 3.8) is 0 Å². The van der Waals surface area contributed by atoms with Crippen molar-refractivity contribution in [3.05, 3.63) is 81.9 Å². The molecular formula is C31H34N4O7. The van der Waals surface area contributed by atoms with Crippen molar-refractivity contribution in [2.75, 3.05) is 20.3 Å². The molecule has 0 saturated heterocycles. The van der Waals surface area contributed by atoms with Crippen LogP contribution in [0.4, 0.5) is 5.69 Å². The van der Waals surface area contributed by atoms with Gasteiger partial charge in [-0.2, -0.15) is 0 Å². The van der Waals surface area contributed by atoms with Gasteiger partial charge in [-0.3, -0.25) is 25.0 Å². The average molecular weight is 575 g/mol. The number of carbonyl (C=O) groups excluding carboxylic acids is 2.